The minimum atomic E-state index is -0.909. The lowest BCUT2D eigenvalue weighted by Crippen LogP contribution is -2.08. The van der Waals surface area contributed by atoms with Gasteiger partial charge in [0.1, 0.15) is 11.9 Å². The van der Waals surface area contributed by atoms with Crippen LogP contribution in [0, 0.1) is 6.92 Å². The molecule has 1 aromatic carbocycles. The molecule has 0 aliphatic rings. The Labute approximate surface area is 131 Å². The first-order valence-electron chi connectivity index (χ1n) is 6.30. The number of ether oxygens (including phenoxy) is 2. The number of nitrogens with two attached hydrogens (primary N) is 1. The van der Waals surface area contributed by atoms with Crippen LogP contribution >= 0.6 is 15.9 Å². The van der Waals surface area contributed by atoms with Crippen LogP contribution < -0.4 is 15.2 Å². The molecule has 0 aliphatic carbocycles. The summed E-state index contributed by atoms with van der Waals surface area (Å²) in [4.78, 5) is 4.04. The van der Waals surface area contributed by atoms with Crippen molar-refractivity contribution < 1.29 is 14.6 Å². The van der Waals surface area contributed by atoms with Crippen molar-refractivity contribution in [2.24, 2.45) is 0 Å². The van der Waals surface area contributed by atoms with Gasteiger partial charge in [-0.05, 0) is 30.7 Å². The molecule has 112 valence electrons. The highest BCUT2D eigenvalue weighted by Crippen LogP contribution is 2.39. The second kappa shape index (κ2) is 6.32. The van der Waals surface area contributed by atoms with Crippen molar-refractivity contribution in [1.29, 1.82) is 0 Å². The van der Waals surface area contributed by atoms with Crippen LogP contribution in [0.2, 0.25) is 0 Å². The Morgan fingerprint density at radius 1 is 1.24 bits per heavy atom. The summed E-state index contributed by atoms with van der Waals surface area (Å²) in [5.74, 6) is 1.43. The van der Waals surface area contributed by atoms with Crippen molar-refractivity contribution in [1.82, 2.24) is 4.98 Å². The number of aliphatic hydroxyl groups excluding tert-OH is 1. The Hall–Kier alpha value is -1.79. The average molecular weight is 353 g/mol. The van der Waals surface area contributed by atoms with Crippen LogP contribution in [0.25, 0.3) is 0 Å². The van der Waals surface area contributed by atoms with Crippen LogP contribution in [0.1, 0.15) is 22.8 Å². The Morgan fingerprint density at radius 2 is 1.86 bits per heavy atom. The van der Waals surface area contributed by atoms with Crippen LogP contribution in [0.3, 0.4) is 0 Å². The molecule has 0 amide bonds. The lowest BCUT2D eigenvalue weighted by atomic mass is 9.98. The minimum absolute atomic E-state index is 0.309. The van der Waals surface area contributed by atoms with Gasteiger partial charge in [-0.15, -0.1) is 0 Å². The molecule has 0 saturated carbocycles. The van der Waals surface area contributed by atoms with Gasteiger partial charge in [0.25, 0.3) is 0 Å². The predicted octanol–water partition coefficient (Wildman–Crippen LogP) is 2.83. The summed E-state index contributed by atoms with van der Waals surface area (Å²) >= 11 is 3.44. The van der Waals surface area contributed by atoms with Gasteiger partial charge in [-0.1, -0.05) is 15.9 Å². The third-order valence-electron chi connectivity index (χ3n) is 3.31. The fourth-order valence-corrected chi connectivity index (χ4v) is 2.72. The van der Waals surface area contributed by atoms with E-state index < -0.39 is 6.10 Å². The summed E-state index contributed by atoms with van der Waals surface area (Å²) in [6, 6.07) is 5.28. The minimum Gasteiger partial charge on any atom is -0.493 e. The largest absolute Gasteiger partial charge is 0.493 e. The SMILES string of the molecule is COc1cc(Br)c(C(O)c2c(C)ccnc2N)cc1OC. The van der Waals surface area contributed by atoms with E-state index in [1.807, 2.05) is 13.0 Å². The van der Waals surface area contributed by atoms with Crippen molar-refractivity contribution in [3.05, 3.63) is 45.6 Å². The maximum absolute atomic E-state index is 10.7. The highest BCUT2D eigenvalue weighted by Gasteiger charge is 2.21. The van der Waals surface area contributed by atoms with Crippen molar-refractivity contribution in [3.63, 3.8) is 0 Å². The van der Waals surface area contributed by atoms with Crippen LogP contribution in [0.15, 0.2) is 28.9 Å². The fourth-order valence-electron chi connectivity index (χ4n) is 2.18. The summed E-state index contributed by atoms with van der Waals surface area (Å²) < 4.78 is 11.2. The zero-order chi connectivity index (χ0) is 15.6. The van der Waals surface area contributed by atoms with E-state index in [4.69, 9.17) is 15.2 Å². The smallest absolute Gasteiger partial charge is 0.161 e. The number of nitrogens with zero attached hydrogens (tertiary/aromatic N) is 1. The van der Waals surface area contributed by atoms with Gasteiger partial charge < -0.3 is 20.3 Å². The van der Waals surface area contributed by atoms with E-state index in [0.29, 0.717) is 32.9 Å². The Bertz CT molecular complexity index is 641. The predicted molar refractivity (Wildman–Crippen MR) is 84.7 cm³/mol. The number of aryl methyl sites for hydroxylation is 1. The molecule has 0 spiro atoms. The highest BCUT2D eigenvalue weighted by atomic mass is 79.9. The second-order valence-electron chi connectivity index (χ2n) is 4.56. The van der Waals surface area contributed by atoms with E-state index in [9.17, 15) is 5.11 Å². The Kier molecular flexibility index (Phi) is 4.69. The summed E-state index contributed by atoms with van der Waals surface area (Å²) in [6.45, 7) is 1.88. The van der Waals surface area contributed by atoms with Crippen LogP contribution in [0.5, 0.6) is 11.5 Å². The zero-order valence-corrected chi connectivity index (χ0v) is 13.6. The number of hydrogen-bond donors (Lipinski definition) is 2. The average Bonchev–Trinajstić information content (AvgIpc) is 2.46. The summed E-state index contributed by atoms with van der Waals surface area (Å²) in [7, 11) is 3.11. The van der Waals surface area contributed by atoms with E-state index in [1.165, 1.54) is 0 Å². The first kappa shape index (κ1) is 15.6. The second-order valence-corrected chi connectivity index (χ2v) is 5.41. The van der Waals surface area contributed by atoms with E-state index >= 15 is 0 Å². The van der Waals surface area contributed by atoms with Gasteiger partial charge in [0.05, 0.1) is 14.2 Å². The maximum Gasteiger partial charge on any atom is 0.161 e. The molecule has 5 nitrogen and oxygen atoms in total. The molecule has 1 unspecified atom stereocenters. The van der Waals surface area contributed by atoms with E-state index in [2.05, 4.69) is 20.9 Å². The number of anilines is 1. The van der Waals surface area contributed by atoms with Gasteiger partial charge in [0, 0.05) is 21.8 Å². The normalized spacial score (nSPS) is 12.0. The van der Waals surface area contributed by atoms with Crippen LogP contribution in [-0.2, 0) is 0 Å². The van der Waals surface area contributed by atoms with Crippen molar-refractivity contribution in [2.75, 3.05) is 20.0 Å². The Morgan fingerprint density at radius 3 is 2.43 bits per heavy atom. The van der Waals surface area contributed by atoms with E-state index in [-0.39, 0.29) is 0 Å². The topological polar surface area (TPSA) is 77.6 Å². The molecule has 0 bridgehead atoms. The molecule has 3 N–H and O–H groups in total. The van der Waals surface area contributed by atoms with Crippen LogP contribution in [0.4, 0.5) is 5.82 Å². The number of nitrogen functional groups attached to an aromatic ring is 1. The summed E-state index contributed by atoms with van der Waals surface area (Å²) in [5.41, 5.74) is 7.99. The van der Waals surface area contributed by atoms with Gasteiger partial charge >= 0.3 is 0 Å². The standard InChI is InChI=1S/C15H17BrN2O3/c1-8-4-5-18-15(17)13(8)14(19)9-6-11(20-2)12(21-3)7-10(9)16/h4-7,14,19H,1-3H3,(H2,17,18). The fraction of sp³-hybridized carbons (Fsp3) is 0.267. The third kappa shape index (κ3) is 2.96. The third-order valence-corrected chi connectivity index (χ3v) is 4.00. The number of benzene rings is 1. The van der Waals surface area contributed by atoms with Crippen LogP contribution in [-0.4, -0.2) is 24.3 Å². The molecule has 0 radical (unpaired) electrons. The van der Waals surface area contributed by atoms with Gasteiger partial charge in [0.2, 0.25) is 0 Å². The number of aromatic nitrogens is 1. The number of halogens is 1. The lowest BCUT2D eigenvalue weighted by Gasteiger charge is -2.19. The molecule has 0 aliphatic heterocycles. The molecule has 1 aromatic heterocycles. The monoisotopic (exact) mass is 352 g/mol. The van der Waals surface area contributed by atoms with E-state index in [0.717, 1.165) is 5.56 Å². The molecular weight excluding hydrogens is 336 g/mol. The van der Waals surface area contributed by atoms with Gasteiger partial charge in [-0.2, -0.15) is 0 Å². The van der Waals surface area contributed by atoms with E-state index in [1.54, 1.807) is 32.5 Å². The number of methoxy groups -OCH3 is 2. The number of aliphatic hydroxyl groups is 1. The maximum atomic E-state index is 10.7. The number of pyridine rings is 1. The molecule has 2 rings (SSSR count). The molecule has 2 aromatic rings. The molecule has 21 heavy (non-hydrogen) atoms. The summed E-state index contributed by atoms with van der Waals surface area (Å²) in [5, 5.41) is 10.7. The van der Waals surface area contributed by atoms with Gasteiger partial charge in [-0.3, -0.25) is 0 Å². The lowest BCUT2D eigenvalue weighted by molar-refractivity contribution is 0.218. The summed E-state index contributed by atoms with van der Waals surface area (Å²) in [6.07, 6.45) is 0.706. The van der Waals surface area contributed by atoms with Gasteiger partial charge in [-0.25, -0.2) is 4.98 Å². The molecular formula is C15H17BrN2O3. The Balaban J connectivity index is 2.56. The number of hydrogen-bond acceptors (Lipinski definition) is 5. The first-order valence-corrected chi connectivity index (χ1v) is 7.09. The molecule has 0 fully saturated rings. The molecule has 1 heterocycles. The first-order chi connectivity index (χ1) is 9.99. The zero-order valence-electron chi connectivity index (χ0n) is 12.1. The van der Waals surface area contributed by atoms with Crippen molar-refractivity contribution in [3.8, 4) is 11.5 Å². The van der Waals surface area contributed by atoms with Gasteiger partial charge in [0.15, 0.2) is 11.5 Å². The van der Waals surface area contributed by atoms with Crippen molar-refractivity contribution in [2.45, 2.75) is 13.0 Å². The molecule has 6 heteroatoms. The molecule has 1 atom stereocenters. The molecule has 0 saturated heterocycles. The highest BCUT2D eigenvalue weighted by molar-refractivity contribution is 9.10. The number of rotatable bonds is 4. The van der Waals surface area contributed by atoms with Crippen molar-refractivity contribution >= 4 is 21.7 Å². The quantitative estimate of drug-likeness (QED) is 0.884.